The van der Waals surface area contributed by atoms with E-state index >= 15 is 0 Å². The Hall–Kier alpha value is -2.85. The van der Waals surface area contributed by atoms with Crippen LogP contribution < -0.4 is 10.6 Å². The summed E-state index contributed by atoms with van der Waals surface area (Å²) in [6.45, 7) is 3.54. The number of unbranched alkanes of at least 4 members (excludes halogenated alkanes) is 1. The summed E-state index contributed by atoms with van der Waals surface area (Å²) < 4.78 is 4.97. The summed E-state index contributed by atoms with van der Waals surface area (Å²) in [7, 11) is 0. The largest absolute Gasteiger partial charge is 0.477 e. The molecule has 3 N–H and O–H groups in total. The Bertz CT molecular complexity index is 935. The Labute approximate surface area is 190 Å². The lowest BCUT2D eigenvalue weighted by atomic mass is 9.94. The van der Waals surface area contributed by atoms with Crippen LogP contribution in [0.15, 0.2) is 41.6 Å². The third-order valence-corrected chi connectivity index (χ3v) is 6.68. The molecule has 32 heavy (non-hydrogen) atoms. The maximum atomic E-state index is 13.3. The van der Waals surface area contributed by atoms with Gasteiger partial charge in [0.15, 0.2) is 0 Å². The number of benzene rings is 1. The molecule has 172 valence electrons. The van der Waals surface area contributed by atoms with Gasteiger partial charge in [-0.15, -0.1) is 11.8 Å². The number of aliphatic carboxylic acids is 1. The summed E-state index contributed by atoms with van der Waals surface area (Å²) >= 11 is 1.33. The van der Waals surface area contributed by atoms with Crippen molar-refractivity contribution in [2.24, 2.45) is 0 Å². The van der Waals surface area contributed by atoms with Gasteiger partial charge < -0.3 is 15.2 Å². The fraction of sp³-hybridized carbons (Fsp3) is 0.455. The molecule has 0 radical (unpaired) electrons. The number of carbonyl (C=O) groups excluding carboxylic acids is 3. The third kappa shape index (κ3) is 4.81. The maximum absolute atomic E-state index is 13.3. The number of esters is 1. The van der Waals surface area contributed by atoms with E-state index in [-0.39, 0.29) is 30.4 Å². The minimum Gasteiger partial charge on any atom is -0.477 e. The Balaban J connectivity index is 1.85. The summed E-state index contributed by atoms with van der Waals surface area (Å²) in [6, 6.07) is 9.18. The predicted octanol–water partition coefficient (Wildman–Crippen LogP) is 1.25. The quantitative estimate of drug-likeness (QED) is 0.206. The first kappa shape index (κ1) is 23.8. The van der Waals surface area contributed by atoms with E-state index in [4.69, 9.17) is 4.74 Å². The van der Waals surface area contributed by atoms with E-state index in [1.165, 1.54) is 23.6 Å². The number of carbonyl (C=O) groups is 4. The highest BCUT2D eigenvalue weighted by molar-refractivity contribution is 8.00. The minimum atomic E-state index is -1.39. The predicted molar refractivity (Wildman–Crippen MR) is 118 cm³/mol. The van der Waals surface area contributed by atoms with E-state index in [2.05, 4.69) is 10.6 Å². The normalized spacial score (nSPS) is 22.1. The first-order chi connectivity index (χ1) is 15.3. The number of nitrogens with one attached hydrogen (secondary N) is 2. The number of nitrogens with zero attached hydrogens (tertiary/aromatic N) is 1. The second kappa shape index (κ2) is 10.2. The van der Waals surface area contributed by atoms with Gasteiger partial charge in [0.25, 0.3) is 5.91 Å². The second-order valence-corrected chi connectivity index (χ2v) is 8.74. The van der Waals surface area contributed by atoms with Gasteiger partial charge in [0, 0.05) is 18.2 Å². The highest BCUT2D eigenvalue weighted by Crippen LogP contribution is 2.45. The van der Waals surface area contributed by atoms with Crippen molar-refractivity contribution in [3.05, 3.63) is 47.2 Å². The van der Waals surface area contributed by atoms with Gasteiger partial charge in [-0.05, 0) is 18.5 Å². The zero-order valence-corrected chi connectivity index (χ0v) is 18.9. The number of rotatable bonds is 10. The molecule has 0 aromatic heterocycles. The molecule has 2 atom stereocenters. The van der Waals surface area contributed by atoms with Crippen LogP contribution in [0.4, 0.5) is 0 Å². The molecule has 2 amide bonds. The lowest BCUT2D eigenvalue weighted by Crippen LogP contribution is -2.85. The van der Waals surface area contributed by atoms with Crippen LogP contribution in [0, 0.1) is 0 Å². The standard InChI is InChI=1S/C22H27N3O6S/c1-3-4-10-23-22(24-17(27)11-15-8-6-5-7-9-15)20(30)25-18(19(28)29)16(12-31-14(2)26)13-32-21(22)25/h5-9,21,23H,3-4,10-13H2,1-2H3,(H,24,27)(H,28,29)/t21-,22+/m1/s1. The van der Waals surface area contributed by atoms with Crippen LogP contribution in [0.5, 0.6) is 0 Å². The number of carboxylic acid groups (broad SMARTS) is 1. The molecule has 0 saturated carbocycles. The molecule has 0 bridgehead atoms. The molecule has 2 aliphatic rings. The molecule has 0 unspecified atom stereocenters. The Morgan fingerprint density at radius 2 is 2.00 bits per heavy atom. The van der Waals surface area contributed by atoms with Gasteiger partial charge in [0.05, 0.1) is 6.42 Å². The summed E-state index contributed by atoms with van der Waals surface area (Å²) in [6.07, 6.45) is 1.78. The Kier molecular flexibility index (Phi) is 7.57. The molecule has 1 saturated heterocycles. The van der Waals surface area contributed by atoms with Crippen LogP contribution >= 0.6 is 11.8 Å². The van der Waals surface area contributed by atoms with Crippen molar-refractivity contribution in [1.29, 1.82) is 0 Å². The van der Waals surface area contributed by atoms with Gasteiger partial charge in [-0.1, -0.05) is 43.7 Å². The fourth-order valence-electron chi connectivity index (χ4n) is 3.75. The lowest BCUT2D eigenvalue weighted by Gasteiger charge is -2.57. The van der Waals surface area contributed by atoms with Crippen molar-refractivity contribution in [1.82, 2.24) is 15.5 Å². The van der Waals surface area contributed by atoms with Crippen LogP contribution in [0.2, 0.25) is 0 Å². The molecular formula is C22H27N3O6S. The van der Waals surface area contributed by atoms with Gasteiger partial charge in [0.1, 0.15) is 17.7 Å². The molecule has 3 rings (SSSR count). The number of thioether (sulfide) groups is 1. The molecule has 2 aliphatic heterocycles. The van der Waals surface area contributed by atoms with Crippen molar-refractivity contribution in [3.63, 3.8) is 0 Å². The molecular weight excluding hydrogens is 434 g/mol. The number of hydrogen-bond donors (Lipinski definition) is 3. The molecule has 10 heteroatoms. The zero-order valence-electron chi connectivity index (χ0n) is 18.1. The first-order valence-electron chi connectivity index (χ1n) is 10.4. The van der Waals surface area contributed by atoms with E-state index < -0.39 is 28.9 Å². The molecule has 1 fully saturated rings. The van der Waals surface area contributed by atoms with Gasteiger partial charge in [-0.3, -0.25) is 24.6 Å². The number of ether oxygens (including phenoxy) is 1. The summed E-state index contributed by atoms with van der Waals surface area (Å²) in [5.41, 5.74) is -0.423. The van der Waals surface area contributed by atoms with E-state index in [0.717, 1.165) is 18.4 Å². The van der Waals surface area contributed by atoms with Gasteiger partial charge in [-0.25, -0.2) is 4.79 Å². The van der Waals surface area contributed by atoms with Crippen molar-refractivity contribution in [3.8, 4) is 0 Å². The number of hydrogen-bond acceptors (Lipinski definition) is 7. The maximum Gasteiger partial charge on any atom is 0.352 e. The van der Waals surface area contributed by atoms with E-state index in [9.17, 15) is 24.3 Å². The zero-order chi connectivity index (χ0) is 23.3. The first-order valence-corrected chi connectivity index (χ1v) is 11.5. The van der Waals surface area contributed by atoms with Crippen LogP contribution in [0.3, 0.4) is 0 Å². The average Bonchev–Trinajstić information content (AvgIpc) is 2.76. The Morgan fingerprint density at radius 1 is 1.28 bits per heavy atom. The van der Waals surface area contributed by atoms with Crippen molar-refractivity contribution >= 4 is 35.5 Å². The smallest absolute Gasteiger partial charge is 0.352 e. The average molecular weight is 462 g/mol. The van der Waals surface area contributed by atoms with Crippen LogP contribution in [0.25, 0.3) is 0 Å². The van der Waals surface area contributed by atoms with Gasteiger partial charge >= 0.3 is 11.9 Å². The monoisotopic (exact) mass is 461 g/mol. The number of β-lactam (4-membered cyclic amide) rings is 1. The summed E-state index contributed by atoms with van der Waals surface area (Å²) in [5, 5.41) is 15.2. The summed E-state index contributed by atoms with van der Waals surface area (Å²) in [4.78, 5) is 50.5. The lowest BCUT2D eigenvalue weighted by molar-refractivity contribution is -0.162. The third-order valence-electron chi connectivity index (χ3n) is 5.28. The highest BCUT2D eigenvalue weighted by atomic mass is 32.2. The van der Waals surface area contributed by atoms with Crippen molar-refractivity contribution in [2.45, 2.75) is 44.1 Å². The van der Waals surface area contributed by atoms with Gasteiger partial charge in [-0.2, -0.15) is 0 Å². The van der Waals surface area contributed by atoms with Crippen LogP contribution in [-0.4, -0.2) is 63.7 Å². The number of carboxylic acids is 1. The molecule has 0 spiro atoms. The molecule has 2 heterocycles. The fourth-order valence-corrected chi connectivity index (χ4v) is 5.17. The second-order valence-electron chi connectivity index (χ2n) is 7.67. The van der Waals surface area contributed by atoms with Crippen LogP contribution in [0.1, 0.15) is 32.3 Å². The molecule has 0 aliphatic carbocycles. The molecule has 1 aromatic rings. The highest BCUT2D eigenvalue weighted by Gasteiger charge is 2.65. The van der Waals surface area contributed by atoms with Crippen molar-refractivity contribution in [2.75, 3.05) is 18.9 Å². The topological polar surface area (TPSA) is 125 Å². The molecule has 1 aromatic carbocycles. The molecule has 9 nitrogen and oxygen atoms in total. The number of fused-ring (bicyclic) bond motifs is 1. The number of amides is 2. The van der Waals surface area contributed by atoms with Crippen molar-refractivity contribution < 1.29 is 29.0 Å². The van der Waals surface area contributed by atoms with Gasteiger partial charge in [0.2, 0.25) is 11.6 Å². The summed E-state index contributed by atoms with van der Waals surface area (Å²) in [5.74, 6) is -2.42. The minimum absolute atomic E-state index is 0.0992. The van der Waals surface area contributed by atoms with Crippen LogP contribution in [-0.2, 0) is 30.3 Å². The SMILES string of the molecule is CCCCN[C@]1(NC(=O)Cc2ccccc2)C(=O)N2C(C(=O)O)=C(COC(C)=O)CS[C@@H]21. The van der Waals surface area contributed by atoms with E-state index in [0.29, 0.717) is 12.1 Å². The van der Waals surface area contributed by atoms with E-state index in [1.807, 2.05) is 37.3 Å². The Morgan fingerprint density at radius 3 is 2.62 bits per heavy atom. The van der Waals surface area contributed by atoms with E-state index in [1.54, 1.807) is 0 Å².